The molecule has 5 rings (SSSR count). The van der Waals surface area contributed by atoms with Crippen molar-refractivity contribution in [1.29, 1.82) is 0 Å². The van der Waals surface area contributed by atoms with Gasteiger partial charge < -0.3 is 30.0 Å². The molecular formula is C49H52N2O10. The molecule has 3 N–H and O–H groups in total. The molecule has 2 amide bonds. The van der Waals surface area contributed by atoms with E-state index < -0.39 is 61.0 Å². The van der Waals surface area contributed by atoms with Crippen LogP contribution in [0.1, 0.15) is 70.8 Å². The Morgan fingerprint density at radius 1 is 0.508 bits per heavy atom. The summed E-state index contributed by atoms with van der Waals surface area (Å²) in [6.45, 7) is 10.4. The van der Waals surface area contributed by atoms with Gasteiger partial charge in [-0.15, -0.1) is 0 Å². The van der Waals surface area contributed by atoms with Crippen LogP contribution < -0.4 is 10.6 Å². The minimum Gasteiger partial charge on any atom is -0.480 e. The van der Waals surface area contributed by atoms with E-state index in [9.17, 15) is 33.9 Å². The number of aliphatic carboxylic acids is 1. The van der Waals surface area contributed by atoms with Crippen LogP contribution in [0, 0.1) is 41.5 Å². The van der Waals surface area contributed by atoms with Crippen molar-refractivity contribution in [3.05, 3.63) is 176 Å². The summed E-state index contributed by atoms with van der Waals surface area (Å²) in [5, 5.41) is 14.8. The number of carbonyl (C=O) groups excluding carboxylic acids is 5. The van der Waals surface area contributed by atoms with Gasteiger partial charge in [0, 0.05) is 12.8 Å². The van der Waals surface area contributed by atoms with Gasteiger partial charge in [-0.25, -0.2) is 19.2 Å². The third-order valence-corrected chi connectivity index (χ3v) is 9.49. The molecule has 0 spiro atoms. The normalized spacial score (nSPS) is 11.4. The average Bonchev–Trinajstić information content (AvgIpc) is 3.21. The summed E-state index contributed by atoms with van der Waals surface area (Å²) in [6, 6.07) is 32.8. The van der Waals surface area contributed by atoms with Crippen LogP contribution in [0.5, 0.6) is 0 Å². The molecule has 61 heavy (non-hydrogen) atoms. The number of esters is 2. The summed E-state index contributed by atoms with van der Waals surface area (Å²) in [6.07, 6.45) is -0.451. The molecule has 0 saturated heterocycles. The molecule has 0 fully saturated rings. The van der Waals surface area contributed by atoms with E-state index in [1.54, 1.807) is 24.3 Å². The maximum absolute atomic E-state index is 13.0. The number of carboxylic acids is 1. The van der Waals surface area contributed by atoms with Gasteiger partial charge in [0.2, 0.25) is 11.7 Å². The first-order chi connectivity index (χ1) is 29.1. The number of hydrogen-bond acceptors (Lipinski definition) is 9. The first-order valence-corrected chi connectivity index (χ1v) is 19.7. The van der Waals surface area contributed by atoms with Crippen LogP contribution in [0.3, 0.4) is 0 Å². The van der Waals surface area contributed by atoms with Gasteiger partial charge in [0.25, 0.3) is 0 Å². The Labute approximate surface area is 356 Å². The molecule has 5 aromatic rings. The van der Waals surface area contributed by atoms with Crippen LogP contribution in [-0.2, 0) is 48.0 Å². The lowest BCUT2D eigenvalue weighted by atomic mass is 10.00. The summed E-state index contributed by atoms with van der Waals surface area (Å²) in [5.74, 6) is -3.34. The number of aryl methyl sites for hydroxylation is 6. The monoisotopic (exact) mass is 828 g/mol. The summed E-state index contributed by atoms with van der Waals surface area (Å²) in [5.41, 5.74) is 8.62. The van der Waals surface area contributed by atoms with Crippen molar-refractivity contribution >= 4 is 35.7 Å². The van der Waals surface area contributed by atoms with Gasteiger partial charge in [-0.2, -0.15) is 0 Å². The number of hydrogen-bond donors (Lipinski definition) is 3. The predicted molar refractivity (Wildman–Crippen MR) is 230 cm³/mol. The van der Waals surface area contributed by atoms with E-state index in [4.69, 9.17) is 14.2 Å². The quantitative estimate of drug-likeness (QED) is 0.0669. The van der Waals surface area contributed by atoms with Crippen molar-refractivity contribution in [2.75, 3.05) is 13.2 Å². The van der Waals surface area contributed by atoms with E-state index in [0.717, 1.165) is 50.1 Å². The highest BCUT2D eigenvalue weighted by Crippen LogP contribution is 2.19. The molecule has 5 aromatic carbocycles. The van der Waals surface area contributed by atoms with Crippen LogP contribution in [0.25, 0.3) is 0 Å². The minimum absolute atomic E-state index is 0.0537. The summed E-state index contributed by atoms with van der Waals surface area (Å²) in [4.78, 5) is 73.8. The lowest BCUT2D eigenvalue weighted by molar-refractivity contribution is -0.142. The van der Waals surface area contributed by atoms with Crippen molar-refractivity contribution in [1.82, 2.24) is 10.6 Å². The number of Topliss-reactive ketones (excluding diaryl/α,β-unsaturated/α-hetero) is 1. The fourth-order valence-corrected chi connectivity index (χ4v) is 6.77. The zero-order valence-corrected chi connectivity index (χ0v) is 35.3. The molecule has 0 bridgehead atoms. The molecule has 12 heteroatoms. The summed E-state index contributed by atoms with van der Waals surface area (Å²) in [7, 11) is 0. The van der Waals surface area contributed by atoms with Crippen molar-refractivity contribution < 1.29 is 48.1 Å². The Hall–Kier alpha value is -7.08. The number of rotatable bonds is 16. The van der Waals surface area contributed by atoms with Gasteiger partial charge in [-0.3, -0.25) is 9.59 Å². The second-order valence-corrected chi connectivity index (χ2v) is 14.8. The van der Waals surface area contributed by atoms with Crippen molar-refractivity contribution in [2.24, 2.45) is 0 Å². The fourth-order valence-electron chi connectivity index (χ4n) is 6.77. The Morgan fingerprint density at radius 2 is 0.885 bits per heavy atom. The Bertz CT molecular complexity index is 2190. The molecule has 0 aliphatic carbocycles. The van der Waals surface area contributed by atoms with E-state index >= 15 is 0 Å². The standard InChI is InChI=1S/C26H26N2O5.C23H26O5/c29-24(27-23(25(30)31)17-20-12-6-2-7-13-20)22(16-19-10-4-1-5-11-19)28-26(32)33-18-21-14-8-3-9-15-21;1-13-7-15(3)20(16(4)8-13)22(25)27-11-19(24)12-28-23(26)21-17(5)9-14(2)10-18(21)6/h1-15,22-23H,16-18H2,(H,27,29)(H,28,32)(H,30,31);7-10H,11-12H2,1-6H3/t22-,23-;/m0./s1. The smallest absolute Gasteiger partial charge is 0.408 e. The fraction of sp³-hybridized carbons (Fsp3) is 0.265. The van der Waals surface area contributed by atoms with E-state index in [1.165, 1.54) is 0 Å². The number of benzene rings is 5. The molecule has 0 unspecified atom stereocenters. The molecule has 0 aliphatic rings. The third-order valence-electron chi connectivity index (χ3n) is 9.49. The number of ether oxygens (including phenoxy) is 3. The molecular weight excluding hydrogens is 777 g/mol. The molecule has 0 heterocycles. The lowest BCUT2D eigenvalue weighted by Crippen LogP contribution is -2.53. The average molecular weight is 829 g/mol. The Morgan fingerprint density at radius 3 is 1.28 bits per heavy atom. The molecule has 2 atom stereocenters. The van der Waals surface area contributed by atoms with Crippen molar-refractivity contribution in [2.45, 2.75) is 73.1 Å². The minimum atomic E-state index is -1.16. The Kier molecular flexibility index (Phi) is 17.5. The zero-order valence-electron chi connectivity index (χ0n) is 35.3. The molecule has 0 aliphatic heterocycles. The molecule has 0 saturated carbocycles. The predicted octanol–water partition coefficient (Wildman–Crippen LogP) is 7.46. The number of ketones is 1. The highest BCUT2D eigenvalue weighted by molar-refractivity contribution is 5.96. The molecule has 0 aromatic heterocycles. The van der Waals surface area contributed by atoms with Gasteiger partial charge in [-0.1, -0.05) is 126 Å². The van der Waals surface area contributed by atoms with Crippen LogP contribution in [0.15, 0.2) is 115 Å². The van der Waals surface area contributed by atoms with Gasteiger partial charge in [0.1, 0.15) is 18.7 Å². The lowest BCUT2D eigenvalue weighted by Gasteiger charge is -2.21. The van der Waals surface area contributed by atoms with Gasteiger partial charge >= 0.3 is 24.0 Å². The number of carboxylic acid groups (broad SMARTS) is 1. The second-order valence-electron chi connectivity index (χ2n) is 14.8. The summed E-state index contributed by atoms with van der Waals surface area (Å²) >= 11 is 0. The van der Waals surface area contributed by atoms with Crippen LogP contribution in [-0.4, -0.2) is 66.1 Å². The largest absolute Gasteiger partial charge is 0.480 e. The second kappa shape index (κ2) is 22.9. The number of carbonyl (C=O) groups is 6. The topological polar surface area (TPSA) is 174 Å². The van der Waals surface area contributed by atoms with E-state index in [-0.39, 0.29) is 19.4 Å². The third kappa shape index (κ3) is 14.9. The Balaban J connectivity index is 0.000000272. The first-order valence-electron chi connectivity index (χ1n) is 19.7. The maximum Gasteiger partial charge on any atom is 0.408 e. The van der Waals surface area contributed by atoms with Gasteiger partial charge in [0.05, 0.1) is 11.1 Å². The molecule has 0 radical (unpaired) electrons. The molecule has 12 nitrogen and oxygen atoms in total. The highest BCUT2D eigenvalue weighted by atomic mass is 16.6. The van der Waals surface area contributed by atoms with Gasteiger partial charge in [-0.05, 0) is 80.5 Å². The highest BCUT2D eigenvalue weighted by Gasteiger charge is 2.28. The van der Waals surface area contributed by atoms with E-state index in [0.29, 0.717) is 11.1 Å². The summed E-state index contributed by atoms with van der Waals surface area (Å²) < 4.78 is 15.5. The SMILES string of the molecule is Cc1cc(C)c(C(=O)OCC(=O)COC(=O)c2c(C)cc(C)cc2C)c(C)c1.O=C(N[C@@H](Cc1ccccc1)C(=O)N[C@@H](Cc1ccccc1)C(=O)O)OCc1ccccc1. The maximum atomic E-state index is 13.0. The van der Waals surface area contributed by atoms with E-state index in [2.05, 4.69) is 10.6 Å². The zero-order chi connectivity index (χ0) is 44.5. The molecule has 318 valence electrons. The number of alkyl carbamates (subject to hydrolysis) is 1. The van der Waals surface area contributed by atoms with Crippen molar-refractivity contribution in [3.8, 4) is 0 Å². The van der Waals surface area contributed by atoms with Crippen LogP contribution >= 0.6 is 0 Å². The van der Waals surface area contributed by atoms with Crippen LogP contribution in [0.2, 0.25) is 0 Å². The first kappa shape index (κ1) is 46.6. The van der Waals surface area contributed by atoms with Crippen LogP contribution in [0.4, 0.5) is 4.79 Å². The number of nitrogens with one attached hydrogen (secondary N) is 2. The number of amides is 2. The van der Waals surface area contributed by atoms with Crippen molar-refractivity contribution in [3.63, 3.8) is 0 Å². The van der Waals surface area contributed by atoms with Gasteiger partial charge in [0.15, 0.2) is 13.2 Å². The van der Waals surface area contributed by atoms with E-state index in [1.807, 2.05) is 133 Å².